The maximum absolute atomic E-state index is 7.39. The quantitative estimate of drug-likeness (QED) is 0.399. The standard InChI is InChI=1S/C18H15ClN4O2/c19-18-22-9-8-16(23-18)25-15-3-1-2-14(10-15)24-11-12-4-6-13(7-5-12)17(20)21/h1-10H,11H2,(H3,20,21). The van der Waals surface area contributed by atoms with Crippen LogP contribution in [0.5, 0.6) is 17.4 Å². The van der Waals surface area contributed by atoms with E-state index in [9.17, 15) is 0 Å². The second-order valence-corrected chi connectivity index (χ2v) is 5.48. The number of amidine groups is 1. The summed E-state index contributed by atoms with van der Waals surface area (Å²) in [5.74, 6) is 1.65. The van der Waals surface area contributed by atoms with E-state index in [1.54, 1.807) is 30.3 Å². The molecule has 0 radical (unpaired) electrons. The van der Waals surface area contributed by atoms with Crippen LogP contribution in [-0.4, -0.2) is 15.8 Å². The summed E-state index contributed by atoms with van der Waals surface area (Å²) >= 11 is 5.74. The van der Waals surface area contributed by atoms with Crippen molar-refractivity contribution in [3.05, 3.63) is 77.2 Å². The monoisotopic (exact) mass is 354 g/mol. The SMILES string of the molecule is N=C(N)c1ccc(COc2cccc(Oc3ccnc(Cl)n3)c2)cc1. The zero-order valence-corrected chi connectivity index (χ0v) is 13.9. The van der Waals surface area contributed by atoms with Crippen molar-refractivity contribution in [2.24, 2.45) is 5.73 Å². The first-order chi connectivity index (χ1) is 12.1. The predicted octanol–water partition coefficient (Wildman–Crippen LogP) is 3.79. The number of nitrogens with two attached hydrogens (primary N) is 1. The summed E-state index contributed by atoms with van der Waals surface area (Å²) in [6.45, 7) is 0.390. The first-order valence-corrected chi connectivity index (χ1v) is 7.80. The third-order valence-corrected chi connectivity index (χ3v) is 3.48. The van der Waals surface area contributed by atoms with Crippen molar-refractivity contribution < 1.29 is 9.47 Å². The Hall–Kier alpha value is -3.12. The van der Waals surface area contributed by atoms with Gasteiger partial charge in [-0.15, -0.1) is 0 Å². The molecular formula is C18H15ClN4O2. The van der Waals surface area contributed by atoms with Gasteiger partial charge >= 0.3 is 0 Å². The Morgan fingerprint density at radius 2 is 1.84 bits per heavy atom. The number of rotatable bonds is 6. The van der Waals surface area contributed by atoms with Crippen LogP contribution >= 0.6 is 11.6 Å². The molecule has 3 rings (SSSR count). The smallest absolute Gasteiger partial charge is 0.225 e. The van der Waals surface area contributed by atoms with Gasteiger partial charge in [-0.1, -0.05) is 30.3 Å². The van der Waals surface area contributed by atoms with Gasteiger partial charge in [0.25, 0.3) is 0 Å². The molecule has 0 unspecified atom stereocenters. The molecule has 0 aliphatic heterocycles. The summed E-state index contributed by atoms with van der Waals surface area (Å²) in [7, 11) is 0. The minimum Gasteiger partial charge on any atom is -0.489 e. The summed E-state index contributed by atoms with van der Waals surface area (Å²) in [5, 5.41) is 7.51. The van der Waals surface area contributed by atoms with Gasteiger partial charge in [0, 0.05) is 23.9 Å². The molecule has 0 saturated carbocycles. The number of benzene rings is 2. The van der Waals surface area contributed by atoms with Crippen LogP contribution in [0.4, 0.5) is 0 Å². The van der Waals surface area contributed by atoms with Crippen LogP contribution in [0, 0.1) is 5.41 Å². The molecule has 3 N–H and O–H groups in total. The fraction of sp³-hybridized carbons (Fsp3) is 0.0556. The van der Waals surface area contributed by atoms with Gasteiger partial charge in [0.1, 0.15) is 23.9 Å². The number of ether oxygens (including phenoxy) is 2. The van der Waals surface area contributed by atoms with Crippen molar-refractivity contribution in [2.75, 3.05) is 0 Å². The van der Waals surface area contributed by atoms with E-state index in [4.69, 9.17) is 32.2 Å². The van der Waals surface area contributed by atoms with Crippen molar-refractivity contribution in [3.8, 4) is 17.4 Å². The Kier molecular flexibility index (Phi) is 5.11. The van der Waals surface area contributed by atoms with Crippen LogP contribution in [0.3, 0.4) is 0 Å². The normalized spacial score (nSPS) is 10.3. The van der Waals surface area contributed by atoms with Crippen molar-refractivity contribution in [1.82, 2.24) is 9.97 Å². The second kappa shape index (κ2) is 7.63. The zero-order chi connectivity index (χ0) is 17.6. The lowest BCUT2D eigenvalue weighted by Crippen LogP contribution is -2.10. The number of nitrogens with one attached hydrogen (secondary N) is 1. The van der Waals surface area contributed by atoms with Crippen LogP contribution in [0.2, 0.25) is 5.28 Å². The van der Waals surface area contributed by atoms with E-state index in [1.165, 1.54) is 6.20 Å². The maximum Gasteiger partial charge on any atom is 0.225 e. The van der Waals surface area contributed by atoms with E-state index < -0.39 is 0 Å². The highest BCUT2D eigenvalue weighted by Gasteiger charge is 2.03. The van der Waals surface area contributed by atoms with Gasteiger partial charge < -0.3 is 15.2 Å². The molecular weight excluding hydrogens is 340 g/mol. The molecule has 0 atom stereocenters. The molecule has 7 heteroatoms. The Morgan fingerprint density at radius 3 is 2.56 bits per heavy atom. The van der Waals surface area contributed by atoms with Gasteiger partial charge in [0.05, 0.1) is 0 Å². The predicted molar refractivity (Wildman–Crippen MR) is 95.3 cm³/mol. The number of nitrogen functional groups attached to an aromatic ring is 1. The van der Waals surface area contributed by atoms with Gasteiger partial charge in [0.2, 0.25) is 11.2 Å². The first-order valence-electron chi connectivity index (χ1n) is 7.43. The third-order valence-electron chi connectivity index (χ3n) is 3.30. The van der Waals surface area contributed by atoms with Crippen LogP contribution in [0.15, 0.2) is 60.8 Å². The van der Waals surface area contributed by atoms with Gasteiger partial charge in [-0.05, 0) is 29.3 Å². The van der Waals surface area contributed by atoms with Crippen molar-refractivity contribution in [3.63, 3.8) is 0 Å². The van der Waals surface area contributed by atoms with Crippen LogP contribution in [-0.2, 0) is 6.61 Å². The van der Waals surface area contributed by atoms with Crippen molar-refractivity contribution in [2.45, 2.75) is 6.61 Å². The maximum atomic E-state index is 7.39. The molecule has 0 fully saturated rings. The minimum atomic E-state index is 0.0437. The Balaban J connectivity index is 1.64. The molecule has 1 heterocycles. The second-order valence-electron chi connectivity index (χ2n) is 5.14. The molecule has 6 nitrogen and oxygen atoms in total. The fourth-order valence-corrected chi connectivity index (χ4v) is 2.21. The lowest BCUT2D eigenvalue weighted by atomic mass is 10.1. The van der Waals surface area contributed by atoms with E-state index in [0.717, 1.165) is 5.56 Å². The topological polar surface area (TPSA) is 94.1 Å². The summed E-state index contributed by atoms with van der Waals surface area (Å²) < 4.78 is 11.4. The molecule has 3 aromatic rings. The molecule has 0 amide bonds. The summed E-state index contributed by atoms with van der Waals surface area (Å²) in [5.41, 5.74) is 7.09. The Bertz CT molecular complexity index is 884. The van der Waals surface area contributed by atoms with Gasteiger partial charge in [-0.2, -0.15) is 4.98 Å². The highest BCUT2D eigenvalue weighted by Crippen LogP contribution is 2.25. The highest BCUT2D eigenvalue weighted by atomic mass is 35.5. The van der Waals surface area contributed by atoms with E-state index in [0.29, 0.717) is 29.5 Å². The van der Waals surface area contributed by atoms with E-state index >= 15 is 0 Å². The minimum absolute atomic E-state index is 0.0437. The number of hydrogen-bond acceptors (Lipinski definition) is 5. The molecule has 25 heavy (non-hydrogen) atoms. The zero-order valence-electron chi connectivity index (χ0n) is 13.1. The lowest BCUT2D eigenvalue weighted by Gasteiger charge is -2.09. The molecule has 0 saturated heterocycles. The van der Waals surface area contributed by atoms with Crippen molar-refractivity contribution in [1.29, 1.82) is 5.41 Å². The Labute approximate surface area is 149 Å². The average Bonchev–Trinajstić information content (AvgIpc) is 2.61. The first kappa shape index (κ1) is 16.7. The number of halogens is 1. The average molecular weight is 355 g/mol. The molecule has 0 bridgehead atoms. The largest absolute Gasteiger partial charge is 0.489 e. The molecule has 126 valence electrons. The van der Waals surface area contributed by atoms with Crippen LogP contribution in [0.25, 0.3) is 0 Å². The van der Waals surface area contributed by atoms with E-state index in [2.05, 4.69) is 9.97 Å². The number of nitrogens with zero attached hydrogens (tertiary/aromatic N) is 2. The van der Waals surface area contributed by atoms with Crippen LogP contribution in [0.1, 0.15) is 11.1 Å². The van der Waals surface area contributed by atoms with E-state index in [1.807, 2.05) is 24.3 Å². The molecule has 1 aromatic heterocycles. The van der Waals surface area contributed by atoms with E-state index in [-0.39, 0.29) is 11.1 Å². The molecule has 2 aromatic carbocycles. The summed E-state index contributed by atoms with van der Waals surface area (Å²) in [6, 6.07) is 16.2. The molecule has 0 spiro atoms. The van der Waals surface area contributed by atoms with Crippen LogP contribution < -0.4 is 15.2 Å². The summed E-state index contributed by atoms with van der Waals surface area (Å²) in [4.78, 5) is 7.79. The fourth-order valence-electron chi connectivity index (χ4n) is 2.07. The van der Waals surface area contributed by atoms with Gasteiger partial charge in [-0.3, -0.25) is 5.41 Å². The van der Waals surface area contributed by atoms with Crippen molar-refractivity contribution >= 4 is 17.4 Å². The molecule has 0 aliphatic carbocycles. The highest BCUT2D eigenvalue weighted by molar-refractivity contribution is 6.28. The number of hydrogen-bond donors (Lipinski definition) is 2. The van der Waals surface area contributed by atoms with Gasteiger partial charge in [0.15, 0.2) is 0 Å². The summed E-state index contributed by atoms with van der Waals surface area (Å²) in [6.07, 6.45) is 1.52. The van der Waals surface area contributed by atoms with Gasteiger partial charge in [-0.25, -0.2) is 4.98 Å². The Morgan fingerprint density at radius 1 is 1.08 bits per heavy atom. The third kappa shape index (κ3) is 4.68. The molecule has 0 aliphatic rings. The lowest BCUT2D eigenvalue weighted by molar-refractivity contribution is 0.304. The number of aromatic nitrogens is 2.